The van der Waals surface area contributed by atoms with Crippen molar-refractivity contribution < 1.29 is 9.60 Å². The van der Waals surface area contributed by atoms with E-state index in [0.29, 0.717) is 24.1 Å². The maximum absolute atomic E-state index is 13.4. The van der Waals surface area contributed by atoms with E-state index >= 15 is 0 Å². The van der Waals surface area contributed by atoms with Gasteiger partial charge in [0.2, 0.25) is 0 Å². The van der Waals surface area contributed by atoms with Gasteiger partial charge in [-0.15, -0.1) is 0 Å². The van der Waals surface area contributed by atoms with Crippen LogP contribution in [0.3, 0.4) is 0 Å². The first-order valence-electron chi connectivity index (χ1n) is 5.94. The number of hydrogen-bond acceptors (Lipinski definition) is 3. The summed E-state index contributed by atoms with van der Waals surface area (Å²) in [5.41, 5.74) is 6.60. The quantitative estimate of drug-likeness (QED) is 0.325. The summed E-state index contributed by atoms with van der Waals surface area (Å²) < 4.78 is 13.4. The Balaban J connectivity index is 2.81. The number of nitrogens with one attached hydrogen (secondary N) is 1. The molecule has 1 atom stereocenters. The van der Waals surface area contributed by atoms with Crippen LogP contribution in [0.25, 0.3) is 0 Å². The van der Waals surface area contributed by atoms with Gasteiger partial charge in [0.15, 0.2) is 5.84 Å². The Labute approximate surface area is 107 Å². The normalized spacial score (nSPS) is 13.9. The number of amidine groups is 1. The molecule has 1 unspecified atom stereocenters. The fourth-order valence-electron chi connectivity index (χ4n) is 1.47. The molecule has 18 heavy (non-hydrogen) atoms. The molecule has 0 aliphatic rings. The highest BCUT2D eigenvalue weighted by atomic mass is 19.1. The molecule has 0 fully saturated rings. The summed E-state index contributed by atoms with van der Waals surface area (Å²) in [5.74, 6) is 0.0165. The second-order valence-electron chi connectivity index (χ2n) is 4.75. The summed E-state index contributed by atoms with van der Waals surface area (Å²) in [4.78, 5) is 0. The van der Waals surface area contributed by atoms with Crippen molar-refractivity contribution in [3.8, 4) is 0 Å². The van der Waals surface area contributed by atoms with E-state index in [-0.39, 0.29) is 5.84 Å². The van der Waals surface area contributed by atoms with Crippen LogP contribution in [0.4, 0.5) is 4.39 Å². The van der Waals surface area contributed by atoms with Gasteiger partial charge in [0.05, 0.1) is 0 Å². The first-order valence-corrected chi connectivity index (χ1v) is 5.94. The van der Waals surface area contributed by atoms with Gasteiger partial charge in [-0.05, 0) is 36.6 Å². The molecule has 0 radical (unpaired) electrons. The lowest BCUT2D eigenvalue weighted by Crippen LogP contribution is -2.30. The highest BCUT2D eigenvalue weighted by Crippen LogP contribution is 2.10. The number of rotatable bonds is 5. The fraction of sp³-hybridized carbons (Fsp3) is 0.462. The van der Waals surface area contributed by atoms with Crippen molar-refractivity contribution in [2.45, 2.75) is 33.4 Å². The molecule has 0 aromatic heterocycles. The molecule has 0 aliphatic heterocycles. The van der Waals surface area contributed by atoms with Crippen molar-refractivity contribution in [2.75, 3.05) is 0 Å². The number of nitrogens with zero attached hydrogens (tertiary/aromatic N) is 1. The molecule has 0 saturated carbocycles. The minimum atomic E-state index is -0.395. The molecule has 0 bridgehead atoms. The lowest BCUT2D eigenvalue weighted by molar-refractivity contribution is 0.318. The third-order valence-corrected chi connectivity index (χ3v) is 2.99. The fourth-order valence-corrected chi connectivity index (χ4v) is 1.47. The first kappa shape index (κ1) is 14.4. The molecule has 1 aromatic rings. The summed E-state index contributed by atoms with van der Waals surface area (Å²) in [6, 6.07) is 4.72. The summed E-state index contributed by atoms with van der Waals surface area (Å²) in [6.45, 7) is 6.85. The lowest BCUT2D eigenvalue weighted by Gasteiger charge is -2.17. The second-order valence-corrected chi connectivity index (χ2v) is 4.75. The Morgan fingerprint density at radius 1 is 1.39 bits per heavy atom. The maximum atomic E-state index is 13.4. The minimum Gasteiger partial charge on any atom is -0.409 e. The monoisotopic (exact) mass is 253 g/mol. The number of oxime groups is 1. The van der Waals surface area contributed by atoms with Gasteiger partial charge in [0, 0.05) is 18.2 Å². The highest BCUT2D eigenvalue weighted by Gasteiger charge is 2.08. The van der Waals surface area contributed by atoms with E-state index in [1.165, 1.54) is 12.1 Å². The number of benzene rings is 1. The van der Waals surface area contributed by atoms with Crippen molar-refractivity contribution in [2.24, 2.45) is 16.8 Å². The van der Waals surface area contributed by atoms with Crippen LogP contribution < -0.4 is 11.1 Å². The van der Waals surface area contributed by atoms with E-state index in [2.05, 4.69) is 31.2 Å². The predicted molar refractivity (Wildman–Crippen MR) is 70.1 cm³/mol. The van der Waals surface area contributed by atoms with Crippen LogP contribution >= 0.6 is 0 Å². The van der Waals surface area contributed by atoms with Gasteiger partial charge in [-0.25, -0.2) is 4.39 Å². The third kappa shape index (κ3) is 4.00. The number of hydrogen-bond donors (Lipinski definition) is 3. The smallest absolute Gasteiger partial charge is 0.170 e. The zero-order valence-electron chi connectivity index (χ0n) is 10.9. The van der Waals surface area contributed by atoms with Crippen LogP contribution in [-0.2, 0) is 6.54 Å². The summed E-state index contributed by atoms with van der Waals surface area (Å²) in [6.07, 6.45) is 0. The van der Waals surface area contributed by atoms with Crippen LogP contribution in [0.2, 0.25) is 0 Å². The summed E-state index contributed by atoms with van der Waals surface area (Å²) in [7, 11) is 0. The first-order chi connectivity index (χ1) is 8.43. The van der Waals surface area contributed by atoms with Crippen LogP contribution in [0, 0.1) is 11.7 Å². The van der Waals surface area contributed by atoms with Gasteiger partial charge in [-0.3, -0.25) is 0 Å². The van der Waals surface area contributed by atoms with Crippen molar-refractivity contribution in [3.63, 3.8) is 0 Å². The van der Waals surface area contributed by atoms with E-state index in [4.69, 9.17) is 10.9 Å². The van der Waals surface area contributed by atoms with E-state index < -0.39 is 5.82 Å². The Hall–Kier alpha value is -1.62. The molecule has 0 amide bonds. The molecule has 0 spiro atoms. The molecule has 4 N–H and O–H groups in total. The molecule has 0 aliphatic carbocycles. The Morgan fingerprint density at radius 2 is 2.06 bits per heavy atom. The van der Waals surface area contributed by atoms with E-state index in [9.17, 15) is 4.39 Å². The molecule has 0 saturated heterocycles. The molecule has 100 valence electrons. The van der Waals surface area contributed by atoms with Crippen LogP contribution in [0.15, 0.2) is 23.4 Å². The van der Waals surface area contributed by atoms with Crippen molar-refractivity contribution >= 4 is 5.84 Å². The zero-order valence-corrected chi connectivity index (χ0v) is 10.9. The van der Waals surface area contributed by atoms with Gasteiger partial charge in [-0.2, -0.15) is 0 Å². The van der Waals surface area contributed by atoms with Gasteiger partial charge in [0.25, 0.3) is 0 Å². The van der Waals surface area contributed by atoms with Gasteiger partial charge in [0.1, 0.15) is 5.82 Å². The summed E-state index contributed by atoms with van der Waals surface area (Å²) >= 11 is 0. The Kier molecular flexibility index (Phi) is 5.09. The average molecular weight is 253 g/mol. The molecular weight excluding hydrogens is 233 g/mol. The predicted octanol–water partition coefficient (Wildman–Crippen LogP) is 2.05. The highest BCUT2D eigenvalue weighted by molar-refractivity contribution is 5.97. The third-order valence-electron chi connectivity index (χ3n) is 2.99. The molecule has 1 aromatic carbocycles. The van der Waals surface area contributed by atoms with Gasteiger partial charge >= 0.3 is 0 Å². The lowest BCUT2D eigenvalue weighted by atomic mass is 10.1. The Morgan fingerprint density at radius 3 is 2.61 bits per heavy atom. The topological polar surface area (TPSA) is 70.6 Å². The maximum Gasteiger partial charge on any atom is 0.170 e. The van der Waals surface area contributed by atoms with E-state index in [1.807, 2.05) is 0 Å². The van der Waals surface area contributed by atoms with Gasteiger partial charge in [-0.1, -0.05) is 19.0 Å². The number of halogens is 1. The molecule has 0 heterocycles. The van der Waals surface area contributed by atoms with Crippen molar-refractivity contribution in [3.05, 3.63) is 35.1 Å². The van der Waals surface area contributed by atoms with Crippen molar-refractivity contribution in [1.29, 1.82) is 0 Å². The minimum absolute atomic E-state index is 0.0901. The van der Waals surface area contributed by atoms with Gasteiger partial charge < -0.3 is 16.3 Å². The van der Waals surface area contributed by atoms with Crippen LogP contribution in [-0.4, -0.2) is 17.1 Å². The molecule has 4 nitrogen and oxygen atoms in total. The molecular formula is C13H20FN3O. The molecule has 1 rings (SSSR count). The van der Waals surface area contributed by atoms with Crippen LogP contribution in [0.5, 0.6) is 0 Å². The largest absolute Gasteiger partial charge is 0.409 e. The zero-order chi connectivity index (χ0) is 13.7. The second kappa shape index (κ2) is 6.35. The Bertz CT molecular complexity index is 432. The van der Waals surface area contributed by atoms with Crippen molar-refractivity contribution in [1.82, 2.24) is 5.32 Å². The average Bonchev–Trinajstić information content (AvgIpc) is 2.34. The number of nitrogens with two attached hydrogens (primary N) is 1. The van der Waals surface area contributed by atoms with Crippen LogP contribution in [0.1, 0.15) is 31.9 Å². The standard InChI is InChI=1S/C13H20FN3O/c1-8(2)9(3)16-7-10-4-11(13(15)17-18)6-12(14)5-10/h4-6,8-9,16,18H,7H2,1-3H3,(H2,15,17). The SMILES string of the molecule is CC(C)C(C)NCc1cc(F)cc(/C(N)=N/O)c1. The van der Waals surface area contributed by atoms with E-state index in [1.54, 1.807) is 6.07 Å². The van der Waals surface area contributed by atoms with E-state index in [0.717, 1.165) is 5.56 Å². The molecule has 5 heteroatoms. The summed E-state index contributed by atoms with van der Waals surface area (Å²) in [5, 5.41) is 14.8.